The van der Waals surface area contributed by atoms with Crippen LogP contribution < -0.4 is 0 Å². The number of fused-ring (bicyclic) bond motifs is 1. The van der Waals surface area contributed by atoms with Crippen LogP contribution in [0.25, 0.3) is 11.0 Å². The molecule has 0 aliphatic heterocycles. The molecule has 0 spiro atoms. The van der Waals surface area contributed by atoms with Crippen LogP contribution in [-0.2, 0) is 6.18 Å². The molecule has 0 N–H and O–H groups in total. The maximum absolute atomic E-state index is 13.1. The number of benzene rings is 1. The van der Waals surface area contributed by atoms with Gasteiger partial charge in [-0.05, 0) is 12.1 Å². The van der Waals surface area contributed by atoms with Gasteiger partial charge in [-0.25, -0.2) is 4.98 Å². The van der Waals surface area contributed by atoms with Crippen molar-refractivity contribution in [2.75, 3.05) is 0 Å². The van der Waals surface area contributed by atoms with Gasteiger partial charge in [-0.1, -0.05) is 16.6 Å². The summed E-state index contributed by atoms with van der Waals surface area (Å²) in [5.74, 6) is -1.53. The molecule has 0 bridgehead atoms. The van der Waals surface area contributed by atoms with Crippen LogP contribution in [0.5, 0.6) is 0 Å². The van der Waals surface area contributed by atoms with E-state index in [2.05, 4.69) is 4.98 Å². The van der Waals surface area contributed by atoms with Crippen molar-refractivity contribution >= 4 is 11.0 Å². The molecule has 0 amide bonds. The molecule has 14 heavy (non-hydrogen) atoms. The van der Waals surface area contributed by atoms with Crippen LogP contribution in [0.4, 0.5) is 17.7 Å². The third kappa shape index (κ3) is 1.23. The molecule has 2 nitrogen and oxygen atoms in total. The molecule has 1 heterocycles. The van der Waals surface area contributed by atoms with E-state index in [9.17, 15) is 17.7 Å². The molecule has 0 saturated heterocycles. The van der Waals surface area contributed by atoms with Crippen molar-refractivity contribution in [3.8, 4) is 0 Å². The maximum Gasteiger partial charge on any atom is 0.452 e. The summed E-state index contributed by atoms with van der Waals surface area (Å²) in [6, 6.07) is 5.49. The van der Waals surface area contributed by atoms with Gasteiger partial charge in [-0.3, -0.25) is 0 Å². The molecule has 2 rings (SSSR count). The van der Waals surface area contributed by atoms with E-state index in [4.69, 9.17) is 0 Å². The van der Waals surface area contributed by atoms with E-state index in [0.29, 0.717) is 0 Å². The van der Waals surface area contributed by atoms with E-state index in [0.717, 1.165) is 0 Å². The molecule has 74 valence electrons. The summed E-state index contributed by atoms with van der Waals surface area (Å²) in [6.45, 7) is 0. The van der Waals surface area contributed by atoms with Crippen LogP contribution in [0.3, 0.4) is 0 Å². The van der Waals surface area contributed by atoms with E-state index in [1.54, 1.807) is 0 Å². The molecule has 0 fully saturated rings. The molecule has 1 aromatic carbocycles. The molecule has 0 atom stereocenters. The molecule has 1 aromatic heterocycles. The molecule has 6 heteroatoms. The SMILES string of the molecule is Fn1c(C(F)(F)F)nc2ccccc21. The Morgan fingerprint density at radius 2 is 1.79 bits per heavy atom. The fourth-order valence-electron chi connectivity index (χ4n) is 1.17. The highest BCUT2D eigenvalue weighted by atomic mass is 19.4. The highest BCUT2D eigenvalue weighted by molar-refractivity contribution is 5.75. The lowest BCUT2D eigenvalue weighted by molar-refractivity contribution is -0.150. The lowest BCUT2D eigenvalue weighted by atomic mass is 10.3. The first-order chi connectivity index (χ1) is 6.50. The smallest absolute Gasteiger partial charge is 0.222 e. The van der Waals surface area contributed by atoms with E-state index >= 15 is 0 Å². The number of halogens is 4. The summed E-state index contributed by atoms with van der Waals surface area (Å²) in [6.07, 6.45) is -4.77. The minimum Gasteiger partial charge on any atom is -0.222 e. The molecule has 0 radical (unpaired) electrons. The van der Waals surface area contributed by atoms with Gasteiger partial charge in [0.1, 0.15) is 5.52 Å². The van der Waals surface area contributed by atoms with Crippen LogP contribution >= 0.6 is 0 Å². The quantitative estimate of drug-likeness (QED) is 0.603. The molecule has 0 unspecified atom stereocenters. The molecular formula is C8H4F4N2. The third-order valence-electron chi connectivity index (χ3n) is 1.76. The lowest BCUT2D eigenvalue weighted by Crippen LogP contribution is -2.10. The average molecular weight is 204 g/mol. The first kappa shape index (κ1) is 8.98. The minimum absolute atomic E-state index is 0.0117. The summed E-state index contributed by atoms with van der Waals surface area (Å²) >= 11 is 0. The van der Waals surface area contributed by atoms with Crippen LogP contribution in [0.1, 0.15) is 5.82 Å². The fraction of sp³-hybridized carbons (Fsp3) is 0.125. The summed E-state index contributed by atoms with van der Waals surface area (Å²) in [5.41, 5.74) is -0.192. The second-order valence-electron chi connectivity index (χ2n) is 2.70. The van der Waals surface area contributed by atoms with Crippen molar-refractivity contribution in [1.29, 1.82) is 0 Å². The van der Waals surface area contributed by atoms with Gasteiger partial charge in [0.15, 0.2) is 0 Å². The molecular weight excluding hydrogens is 200 g/mol. The second-order valence-corrected chi connectivity index (χ2v) is 2.70. The average Bonchev–Trinajstić information content (AvgIpc) is 2.44. The Hall–Kier alpha value is -1.59. The zero-order chi connectivity index (χ0) is 10.3. The highest BCUT2D eigenvalue weighted by Crippen LogP contribution is 2.31. The normalized spacial score (nSPS) is 12.3. The van der Waals surface area contributed by atoms with Gasteiger partial charge in [-0.15, -0.1) is 0 Å². The Labute approximate surface area is 75.7 Å². The van der Waals surface area contributed by atoms with E-state index in [1.807, 2.05) is 0 Å². The van der Waals surface area contributed by atoms with Gasteiger partial charge in [0.25, 0.3) is 0 Å². The van der Waals surface area contributed by atoms with Crippen molar-refractivity contribution in [3.63, 3.8) is 0 Å². The number of hydrogen-bond acceptors (Lipinski definition) is 1. The summed E-state index contributed by atoms with van der Waals surface area (Å²) in [5, 5.41) is 0. The summed E-state index contributed by atoms with van der Waals surface area (Å²) in [7, 11) is 0. The molecule has 0 saturated carbocycles. The van der Waals surface area contributed by atoms with Crippen LogP contribution in [0, 0.1) is 0 Å². The van der Waals surface area contributed by atoms with Crippen molar-refractivity contribution in [1.82, 2.24) is 9.77 Å². The van der Waals surface area contributed by atoms with Gasteiger partial charge in [0.05, 0.1) is 5.52 Å². The number of imidazole rings is 1. The standard InChI is InChI=1S/C8H4F4N2/c9-8(10,11)7-13-5-3-1-2-4-6(5)14(7)12/h1-4H. The number of aromatic nitrogens is 2. The number of para-hydroxylation sites is 2. The summed E-state index contributed by atoms with van der Waals surface area (Å²) < 4.78 is 49.6. The number of rotatable bonds is 0. The maximum atomic E-state index is 13.1. The zero-order valence-corrected chi connectivity index (χ0v) is 6.72. The first-order valence-electron chi connectivity index (χ1n) is 3.71. The Bertz CT molecular complexity index is 472. The number of alkyl halides is 3. The van der Waals surface area contributed by atoms with E-state index in [-0.39, 0.29) is 11.0 Å². The Morgan fingerprint density at radius 3 is 2.36 bits per heavy atom. The fourth-order valence-corrected chi connectivity index (χ4v) is 1.17. The van der Waals surface area contributed by atoms with Crippen molar-refractivity contribution < 1.29 is 17.7 Å². The Kier molecular flexibility index (Phi) is 1.73. The Morgan fingerprint density at radius 1 is 1.14 bits per heavy atom. The third-order valence-corrected chi connectivity index (χ3v) is 1.76. The second kappa shape index (κ2) is 2.70. The largest absolute Gasteiger partial charge is 0.452 e. The molecule has 0 aliphatic carbocycles. The number of hydrogen-bond donors (Lipinski definition) is 0. The highest BCUT2D eigenvalue weighted by Gasteiger charge is 2.38. The van der Waals surface area contributed by atoms with Gasteiger partial charge in [0, 0.05) is 0 Å². The first-order valence-corrected chi connectivity index (χ1v) is 3.71. The monoisotopic (exact) mass is 204 g/mol. The van der Waals surface area contributed by atoms with Crippen LogP contribution in [0.15, 0.2) is 24.3 Å². The van der Waals surface area contributed by atoms with Gasteiger partial charge in [0.2, 0.25) is 5.82 Å². The molecule has 2 aromatic rings. The van der Waals surface area contributed by atoms with Crippen molar-refractivity contribution in [2.24, 2.45) is 0 Å². The Balaban J connectivity index is 2.75. The summed E-state index contributed by atoms with van der Waals surface area (Å²) in [4.78, 5) is 2.70. The minimum atomic E-state index is -4.77. The predicted molar refractivity (Wildman–Crippen MR) is 41.2 cm³/mol. The van der Waals surface area contributed by atoms with E-state index < -0.39 is 16.8 Å². The lowest BCUT2D eigenvalue weighted by Gasteiger charge is -2.01. The zero-order valence-electron chi connectivity index (χ0n) is 6.72. The predicted octanol–water partition coefficient (Wildman–Crippen LogP) is 2.79. The molecule has 0 aliphatic rings. The van der Waals surface area contributed by atoms with Crippen molar-refractivity contribution in [3.05, 3.63) is 30.1 Å². The topological polar surface area (TPSA) is 17.8 Å². The van der Waals surface area contributed by atoms with E-state index in [1.165, 1.54) is 24.3 Å². The van der Waals surface area contributed by atoms with Crippen LogP contribution in [0.2, 0.25) is 0 Å². The van der Waals surface area contributed by atoms with Gasteiger partial charge < -0.3 is 0 Å². The van der Waals surface area contributed by atoms with Crippen molar-refractivity contribution in [2.45, 2.75) is 6.18 Å². The number of nitrogens with zero attached hydrogens (tertiary/aromatic N) is 2. The van der Waals surface area contributed by atoms with Gasteiger partial charge in [-0.2, -0.15) is 18.0 Å². The van der Waals surface area contributed by atoms with Crippen LogP contribution in [-0.4, -0.2) is 9.77 Å². The van der Waals surface area contributed by atoms with Gasteiger partial charge >= 0.3 is 6.18 Å².